The van der Waals surface area contributed by atoms with Crippen molar-refractivity contribution in [3.8, 4) is 0 Å². The second-order valence-corrected chi connectivity index (χ2v) is 30.9. The molecule has 10 heteroatoms. The average molecular weight is 1390 g/mol. The summed E-state index contributed by atoms with van der Waals surface area (Å²) in [6.07, 6.45) is 110. The van der Waals surface area contributed by atoms with Gasteiger partial charge in [0.1, 0.15) is 19.8 Å². The molecule has 0 aromatic carbocycles. The van der Waals surface area contributed by atoms with Crippen LogP contribution in [-0.4, -0.2) is 70.0 Å². The Morgan fingerprint density at radius 1 is 0.327 bits per heavy atom. The molecule has 0 aliphatic carbocycles. The van der Waals surface area contributed by atoms with Gasteiger partial charge in [0.25, 0.3) is 7.82 Å². The molecule has 0 radical (unpaired) electrons. The van der Waals surface area contributed by atoms with Crippen molar-refractivity contribution < 1.29 is 42.1 Å². The zero-order chi connectivity index (χ0) is 71.1. The number of rotatable bonds is 78. The van der Waals surface area contributed by atoms with Gasteiger partial charge in [0.05, 0.1) is 27.7 Å². The lowest BCUT2D eigenvalue weighted by molar-refractivity contribution is -0.870. The van der Waals surface area contributed by atoms with E-state index in [-0.39, 0.29) is 32.0 Å². The van der Waals surface area contributed by atoms with Crippen LogP contribution in [0, 0.1) is 0 Å². The van der Waals surface area contributed by atoms with E-state index in [1.54, 1.807) is 0 Å². The van der Waals surface area contributed by atoms with Crippen LogP contribution in [0.2, 0.25) is 0 Å². The third-order valence-electron chi connectivity index (χ3n) is 18.6. The highest BCUT2D eigenvalue weighted by atomic mass is 31.2. The van der Waals surface area contributed by atoms with Gasteiger partial charge in [-0.05, 0) is 96.3 Å². The van der Waals surface area contributed by atoms with Crippen molar-refractivity contribution in [2.75, 3.05) is 47.5 Å². The van der Waals surface area contributed by atoms with Crippen molar-refractivity contribution in [1.29, 1.82) is 0 Å². The van der Waals surface area contributed by atoms with E-state index in [9.17, 15) is 19.0 Å². The highest BCUT2D eigenvalue weighted by Crippen LogP contribution is 2.38. The average Bonchev–Trinajstić information content (AvgIpc) is 1.08. The number of allylic oxidation sites excluding steroid dienone is 16. The van der Waals surface area contributed by atoms with E-state index in [0.717, 1.165) is 83.5 Å². The summed E-state index contributed by atoms with van der Waals surface area (Å²) in [5.74, 6) is -0.814. The van der Waals surface area contributed by atoms with Gasteiger partial charge in [-0.25, -0.2) is 0 Å². The summed E-state index contributed by atoms with van der Waals surface area (Å²) in [6, 6.07) is 0. The summed E-state index contributed by atoms with van der Waals surface area (Å²) in [5.41, 5.74) is 0. The molecule has 2 atom stereocenters. The van der Waals surface area contributed by atoms with Crippen LogP contribution in [0.3, 0.4) is 0 Å². The first kappa shape index (κ1) is 94.9. The molecule has 0 amide bonds. The smallest absolute Gasteiger partial charge is 0.306 e. The Morgan fingerprint density at radius 2 is 0.582 bits per heavy atom. The fraction of sp³-hybridized carbons (Fsp3) is 0.795. The fourth-order valence-corrected chi connectivity index (χ4v) is 13.0. The highest BCUT2D eigenvalue weighted by molar-refractivity contribution is 7.45. The third kappa shape index (κ3) is 81.9. The number of unbranched alkanes of at least 4 members (excludes halogenated alkanes) is 48. The molecule has 0 fully saturated rings. The largest absolute Gasteiger partial charge is 0.756 e. The van der Waals surface area contributed by atoms with E-state index in [4.69, 9.17) is 18.5 Å². The van der Waals surface area contributed by atoms with Crippen molar-refractivity contribution >= 4 is 19.8 Å². The van der Waals surface area contributed by atoms with E-state index >= 15 is 0 Å². The predicted octanol–water partition coefficient (Wildman–Crippen LogP) is 27.5. The van der Waals surface area contributed by atoms with E-state index in [2.05, 4.69) is 111 Å². The molecule has 0 saturated carbocycles. The maximum absolute atomic E-state index is 12.9. The number of phosphoric acid groups is 1. The molecule has 0 aromatic heterocycles. The van der Waals surface area contributed by atoms with E-state index < -0.39 is 26.5 Å². The van der Waals surface area contributed by atoms with Crippen molar-refractivity contribution in [1.82, 2.24) is 0 Å². The first-order valence-corrected chi connectivity index (χ1v) is 43.4. The molecule has 9 nitrogen and oxygen atoms in total. The molecule has 98 heavy (non-hydrogen) atoms. The maximum atomic E-state index is 12.9. The van der Waals surface area contributed by atoms with Gasteiger partial charge < -0.3 is 27.9 Å². The van der Waals surface area contributed by atoms with Gasteiger partial charge in [-0.1, -0.05) is 387 Å². The monoisotopic (exact) mass is 1390 g/mol. The number of carbonyl (C=O) groups excluding carboxylic acids is 2. The molecule has 2 unspecified atom stereocenters. The number of hydrogen-bond acceptors (Lipinski definition) is 8. The van der Waals surface area contributed by atoms with Crippen LogP contribution in [0.25, 0.3) is 0 Å². The lowest BCUT2D eigenvalue weighted by atomic mass is 10.0. The van der Waals surface area contributed by atoms with Crippen LogP contribution < -0.4 is 4.89 Å². The molecule has 570 valence electrons. The minimum Gasteiger partial charge on any atom is -0.756 e. The molecule has 0 N–H and O–H groups in total. The second-order valence-electron chi connectivity index (χ2n) is 29.5. The molecule has 0 spiro atoms. The minimum atomic E-state index is -4.65. The van der Waals surface area contributed by atoms with E-state index in [0.29, 0.717) is 17.4 Å². The van der Waals surface area contributed by atoms with Crippen molar-refractivity contribution in [2.45, 2.75) is 405 Å². The molecule has 0 bridgehead atoms. The van der Waals surface area contributed by atoms with Crippen LogP contribution in [-0.2, 0) is 32.7 Å². The Morgan fingerprint density at radius 3 is 0.867 bits per heavy atom. The third-order valence-corrected chi connectivity index (χ3v) is 19.6. The Hall–Kier alpha value is -3.07. The normalized spacial score (nSPS) is 13.5. The highest BCUT2D eigenvalue weighted by Gasteiger charge is 2.22. The quantitative estimate of drug-likeness (QED) is 0.0195. The summed E-state index contributed by atoms with van der Waals surface area (Å²) in [4.78, 5) is 38.2. The molecule has 0 aromatic rings. The summed E-state index contributed by atoms with van der Waals surface area (Å²) in [6.45, 7) is 4.17. The van der Waals surface area contributed by atoms with E-state index in [1.165, 1.54) is 283 Å². The zero-order valence-electron chi connectivity index (χ0n) is 65.2. The summed E-state index contributed by atoms with van der Waals surface area (Å²) in [7, 11) is 1.18. The van der Waals surface area contributed by atoms with Crippen LogP contribution in [0.4, 0.5) is 0 Å². The summed E-state index contributed by atoms with van der Waals surface area (Å²) >= 11 is 0. The Kier molecular flexibility index (Phi) is 75.6. The van der Waals surface area contributed by atoms with Gasteiger partial charge in [-0.2, -0.15) is 0 Å². The number of quaternary nitrogens is 1. The van der Waals surface area contributed by atoms with Gasteiger partial charge in [0.15, 0.2) is 6.10 Å². The predicted molar refractivity (Wildman–Crippen MR) is 425 cm³/mol. The van der Waals surface area contributed by atoms with Gasteiger partial charge in [0.2, 0.25) is 0 Å². The van der Waals surface area contributed by atoms with Gasteiger partial charge in [0, 0.05) is 12.8 Å². The second kappa shape index (κ2) is 78.1. The standard InChI is InChI=1S/C88H160NO8P/c1-6-8-10-12-14-16-18-20-22-24-26-28-30-32-34-36-38-40-42-43-44-45-47-48-50-52-54-56-58-60-62-64-66-68-70-72-74-76-78-80-87(90)94-84-86(85-96-98(92,93)95-83-82-89(3,4)5)97-88(91)81-79-77-75-73-71-69-67-65-63-61-59-57-55-53-51-49-46-41-39-37-35-33-31-29-27-25-23-21-19-17-15-13-11-9-7-2/h9,11,15,17-18,20-21,23-24,26-27,29-30,32-33,35,86H,6-8,10,12-14,16,19,22,25,28,31,34,36-85H2,1-5H3/b11-9-,17-15-,20-18-,23-21-,26-24-,29-27-,32-30-,35-33-. The number of likely N-dealkylation sites (N-methyl/N-ethyl adjacent to an activating group) is 1. The number of nitrogens with zero attached hydrogens (tertiary/aromatic N) is 1. The summed E-state index contributed by atoms with van der Waals surface area (Å²) < 4.78 is 34.5. The van der Waals surface area contributed by atoms with Crippen LogP contribution in [0.1, 0.15) is 399 Å². The SMILES string of the molecule is CC/C=C\C/C=C\C/C=C\C/C=C\C/C=C\CCCCCCCCCCCCCCCCCCCCCC(=O)OC(COC(=O)CCCCCCCCCCCCCCCCCCCCCCCCCC/C=C\C/C=C\C/C=C\CCCCCCC)COP(=O)([O-])OCC[N+](C)(C)C. The number of hydrogen-bond donors (Lipinski definition) is 0. The minimum absolute atomic E-state index is 0.0304. The van der Waals surface area contributed by atoms with Gasteiger partial charge >= 0.3 is 11.9 Å². The first-order chi connectivity index (χ1) is 48.0. The fourth-order valence-electron chi connectivity index (χ4n) is 12.2. The van der Waals surface area contributed by atoms with Gasteiger partial charge in [-0.3, -0.25) is 14.2 Å². The Balaban J connectivity index is 3.90. The maximum Gasteiger partial charge on any atom is 0.306 e. The first-order valence-electron chi connectivity index (χ1n) is 41.9. The van der Waals surface area contributed by atoms with E-state index in [1.807, 2.05) is 21.1 Å². The molecule has 0 rings (SSSR count). The number of carbonyl (C=O) groups is 2. The number of esters is 2. The van der Waals surface area contributed by atoms with Crippen molar-refractivity contribution in [3.05, 3.63) is 97.2 Å². The van der Waals surface area contributed by atoms with Crippen LogP contribution in [0.5, 0.6) is 0 Å². The Bertz CT molecular complexity index is 1980. The van der Waals surface area contributed by atoms with Gasteiger partial charge in [-0.15, -0.1) is 0 Å². The molecule has 0 aliphatic rings. The Labute approximate surface area is 608 Å². The van der Waals surface area contributed by atoms with Crippen molar-refractivity contribution in [3.63, 3.8) is 0 Å². The lowest BCUT2D eigenvalue weighted by Gasteiger charge is -2.28. The van der Waals surface area contributed by atoms with Crippen LogP contribution in [0.15, 0.2) is 97.2 Å². The number of ether oxygens (including phenoxy) is 2. The number of phosphoric ester groups is 1. The molecule has 0 aliphatic heterocycles. The molecule has 0 heterocycles. The van der Waals surface area contributed by atoms with Crippen molar-refractivity contribution in [2.24, 2.45) is 0 Å². The lowest BCUT2D eigenvalue weighted by Crippen LogP contribution is -2.37. The molecular formula is C88H160NO8P. The topological polar surface area (TPSA) is 111 Å². The molecular weight excluding hydrogens is 1230 g/mol. The zero-order valence-corrected chi connectivity index (χ0v) is 66.1. The van der Waals surface area contributed by atoms with Crippen LogP contribution >= 0.6 is 7.82 Å². The molecule has 0 saturated heterocycles. The summed E-state index contributed by atoms with van der Waals surface area (Å²) in [5, 5.41) is 0.